The Bertz CT molecular complexity index is 748. The number of carbonyl (C=O) groups is 4. The highest BCUT2D eigenvalue weighted by Crippen LogP contribution is 2.18. The number of hydrogen-bond donors (Lipinski definition) is 2. The summed E-state index contributed by atoms with van der Waals surface area (Å²) in [6, 6.07) is -1.32. The highest BCUT2D eigenvalue weighted by atomic mass is 19.1. The fourth-order valence-corrected chi connectivity index (χ4v) is 2.33. The van der Waals surface area contributed by atoms with Crippen molar-refractivity contribution < 1.29 is 41.8 Å². The van der Waals surface area contributed by atoms with Crippen molar-refractivity contribution in [3.05, 3.63) is 35.1 Å². The maximum absolute atomic E-state index is 13.8. The van der Waals surface area contributed by atoms with Crippen molar-refractivity contribution in [3.63, 3.8) is 0 Å². The average molecular weight is 404 g/mol. The average Bonchev–Trinajstić information content (AvgIpc) is 2.57. The van der Waals surface area contributed by atoms with Gasteiger partial charge in [0.15, 0.2) is 0 Å². The zero-order valence-electron chi connectivity index (χ0n) is 15.1. The zero-order valence-corrected chi connectivity index (χ0v) is 15.1. The summed E-state index contributed by atoms with van der Waals surface area (Å²) < 4.78 is 50.0. The molecule has 0 bridgehead atoms. The first kappa shape index (κ1) is 22.9. The van der Waals surface area contributed by atoms with Gasteiger partial charge >= 0.3 is 11.9 Å². The summed E-state index contributed by atoms with van der Waals surface area (Å²) in [6.45, 7) is 2.83. The molecule has 0 saturated heterocycles. The molecule has 1 aromatic rings. The molecule has 11 heteroatoms. The molecule has 0 aromatic heterocycles. The zero-order chi connectivity index (χ0) is 21.4. The minimum atomic E-state index is -1.85. The second kappa shape index (κ2) is 10.3. The Kier molecular flexibility index (Phi) is 8.42. The highest BCUT2D eigenvalue weighted by molar-refractivity contribution is 5.99. The van der Waals surface area contributed by atoms with Crippen molar-refractivity contribution in [1.82, 2.24) is 5.32 Å². The molecule has 1 rings (SSSR count). The normalized spacial score (nSPS) is 12.6. The number of halogens is 3. The summed E-state index contributed by atoms with van der Waals surface area (Å²) >= 11 is 0. The molecule has 154 valence electrons. The van der Waals surface area contributed by atoms with Gasteiger partial charge in [0.05, 0.1) is 25.6 Å². The summed E-state index contributed by atoms with van der Waals surface area (Å²) in [5.74, 6) is -10.6. The van der Waals surface area contributed by atoms with Crippen molar-refractivity contribution in [2.75, 3.05) is 13.2 Å². The SMILES string of the molecule is CCOC(=O)C[C@@H](C(=O)OCC)[C@H](NC(=O)c1c(F)cc(F)cc1F)C(N)=O. The standard InChI is InChI=1S/C17H19F3N2O6/c1-3-27-12(23)7-9(17(26)28-4-2)14(15(21)24)22-16(25)13-10(19)5-8(18)6-11(13)20/h5-6,9,14H,3-4,7H2,1-2H3,(H2,21,24)(H,22,25)/t9-,14+/m1/s1. The predicted octanol–water partition coefficient (Wildman–Crippen LogP) is 0.820. The number of nitrogens with one attached hydrogen (secondary N) is 1. The van der Waals surface area contributed by atoms with Gasteiger partial charge in [-0.3, -0.25) is 19.2 Å². The molecule has 2 amide bonds. The molecule has 1 aromatic carbocycles. The molecule has 0 heterocycles. The Morgan fingerprint density at radius 3 is 2.04 bits per heavy atom. The third-order valence-corrected chi connectivity index (χ3v) is 3.51. The third-order valence-electron chi connectivity index (χ3n) is 3.51. The molecule has 0 fully saturated rings. The van der Waals surface area contributed by atoms with Gasteiger partial charge in [0.25, 0.3) is 5.91 Å². The van der Waals surface area contributed by atoms with E-state index in [4.69, 9.17) is 15.2 Å². The maximum atomic E-state index is 13.8. The second-order valence-corrected chi connectivity index (χ2v) is 5.47. The van der Waals surface area contributed by atoms with E-state index in [2.05, 4.69) is 0 Å². The lowest BCUT2D eigenvalue weighted by Crippen LogP contribution is -2.52. The van der Waals surface area contributed by atoms with Crippen LogP contribution >= 0.6 is 0 Å². The smallest absolute Gasteiger partial charge is 0.312 e. The fraction of sp³-hybridized carbons (Fsp3) is 0.412. The monoisotopic (exact) mass is 404 g/mol. The van der Waals surface area contributed by atoms with Crippen molar-refractivity contribution in [3.8, 4) is 0 Å². The Morgan fingerprint density at radius 1 is 1.04 bits per heavy atom. The van der Waals surface area contributed by atoms with Gasteiger partial charge in [-0.05, 0) is 13.8 Å². The Hall–Kier alpha value is -3.11. The third kappa shape index (κ3) is 5.96. The minimum Gasteiger partial charge on any atom is -0.466 e. The number of esters is 2. The van der Waals surface area contributed by atoms with Gasteiger partial charge in [-0.15, -0.1) is 0 Å². The van der Waals surface area contributed by atoms with Crippen LogP contribution in [0.2, 0.25) is 0 Å². The van der Waals surface area contributed by atoms with E-state index in [-0.39, 0.29) is 25.3 Å². The van der Waals surface area contributed by atoms with E-state index in [9.17, 15) is 32.3 Å². The first-order valence-corrected chi connectivity index (χ1v) is 8.19. The van der Waals surface area contributed by atoms with E-state index in [0.717, 1.165) is 0 Å². The first-order valence-electron chi connectivity index (χ1n) is 8.19. The molecule has 0 radical (unpaired) electrons. The number of amides is 2. The van der Waals surface area contributed by atoms with E-state index in [1.165, 1.54) is 13.8 Å². The van der Waals surface area contributed by atoms with Gasteiger partial charge in [-0.2, -0.15) is 0 Å². The molecule has 0 spiro atoms. The summed E-state index contributed by atoms with van der Waals surface area (Å²) in [7, 11) is 0. The van der Waals surface area contributed by atoms with Crippen LogP contribution in [-0.4, -0.2) is 43.0 Å². The summed E-state index contributed by atoms with van der Waals surface area (Å²) in [5.41, 5.74) is 4.00. The van der Waals surface area contributed by atoms with E-state index < -0.39 is 65.1 Å². The van der Waals surface area contributed by atoms with Crippen molar-refractivity contribution in [1.29, 1.82) is 0 Å². The number of benzene rings is 1. The lowest BCUT2D eigenvalue weighted by molar-refractivity contribution is -0.156. The van der Waals surface area contributed by atoms with Crippen LogP contribution in [0.3, 0.4) is 0 Å². The van der Waals surface area contributed by atoms with Gasteiger partial charge in [0.1, 0.15) is 29.1 Å². The molecule has 0 aliphatic heterocycles. The van der Waals surface area contributed by atoms with Crippen LogP contribution in [0.1, 0.15) is 30.6 Å². The maximum Gasteiger partial charge on any atom is 0.312 e. The van der Waals surface area contributed by atoms with Crippen molar-refractivity contribution in [2.45, 2.75) is 26.3 Å². The molecule has 3 N–H and O–H groups in total. The lowest BCUT2D eigenvalue weighted by atomic mass is 9.95. The summed E-state index contributed by atoms with van der Waals surface area (Å²) in [4.78, 5) is 47.9. The van der Waals surface area contributed by atoms with Gasteiger partial charge in [0, 0.05) is 12.1 Å². The van der Waals surface area contributed by atoms with Gasteiger partial charge in [-0.25, -0.2) is 13.2 Å². The van der Waals surface area contributed by atoms with Gasteiger partial charge in [0.2, 0.25) is 5.91 Å². The largest absolute Gasteiger partial charge is 0.466 e. The van der Waals surface area contributed by atoms with Crippen molar-refractivity contribution >= 4 is 23.8 Å². The number of hydrogen-bond acceptors (Lipinski definition) is 6. The molecule has 0 aliphatic carbocycles. The Morgan fingerprint density at radius 2 is 1.57 bits per heavy atom. The summed E-state index contributed by atoms with van der Waals surface area (Å²) in [6.07, 6.45) is -0.686. The number of primary amides is 1. The van der Waals surface area contributed by atoms with Crippen LogP contribution in [0.4, 0.5) is 13.2 Å². The molecule has 0 unspecified atom stereocenters. The van der Waals surface area contributed by atoms with E-state index in [0.29, 0.717) is 0 Å². The molecule has 28 heavy (non-hydrogen) atoms. The van der Waals surface area contributed by atoms with E-state index in [1.54, 1.807) is 0 Å². The van der Waals surface area contributed by atoms with Crippen LogP contribution < -0.4 is 11.1 Å². The first-order chi connectivity index (χ1) is 13.1. The molecular formula is C17H19F3N2O6. The topological polar surface area (TPSA) is 125 Å². The summed E-state index contributed by atoms with van der Waals surface area (Å²) in [5, 5.41) is 1.90. The Balaban J connectivity index is 3.20. The van der Waals surface area contributed by atoms with Gasteiger partial charge < -0.3 is 20.5 Å². The molecule has 2 atom stereocenters. The second-order valence-electron chi connectivity index (χ2n) is 5.47. The number of nitrogens with two attached hydrogens (primary N) is 1. The van der Waals surface area contributed by atoms with Crippen molar-refractivity contribution in [2.24, 2.45) is 11.7 Å². The number of carbonyl (C=O) groups excluding carboxylic acids is 4. The van der Waals surface area contributed by atoms with Crippen LogP contribution in [-0.2, 0) is 23.9 Å². The Labute approximate surface area is 158 Å². The molecular weight excluding hydrogens is 385 g/mol. The van der Waals surface area contributed by atoms with Crippen LogP contribution in [0.15, 0.2) is 12.1 Å². The number of ether oxygens (including phenoxy) is 2. The van der Waals surface area contributed by atoms with E-state index in [1.807, 2.05) is 5.32 Å². The minimum absolute atomic E-state index is 0.0199. The molecule has 0 saturated carbocycles. The number of rotatable bonds is 9. The lowest BCUT2D eigenvalue weighted by Gasteiger charge is -2.23. The predicted molar refractivity (Wildman–Crippen MR) is 88.1 cm³/mol. The van der Waals surface area contributed by atoms with E-state index >= 15 is 0 Å². The molecule has 0 aliphatic rings. The van der Waals surface area contributed by atoms with Crippen LogP contribution in [0, 0.1) is 23.4 Å². The van der Waals surface area contributed by atoms with Crippen LogP contribution in [0.25, 0.3) is 0 Å². The fourth-order valence-electron chi connectivity index (χ4n) is 2.33. The molecule has 8 nitrogen and oxygen atoms in total. The van der Waals surface area contributed by atoms with Gasteiger partial charge in [-0.1, -0.05) is 0 Å². The highest BCUT2D eigenvalue weighted by Gasteiger charge is 2.38. The quantitative estimate of drug-likeness (QED) is 0.587. The van der Waals surface area contributed by atoms with Crippen LogP contribution in [0.5, 0.6) is 0 Å².